The SMILES string of the molecule is C=Cc1ccc(CCN2CCC(CNC(=O)c3ccc4ccccc4c3)NC(CCCN=C(N)N)C2=O)cc1/C=C\C. The Morgan fingerprint density at radius 2 is 1.93 bits per heavy atom. The predicted molar refractivity (Wildman–Crippen MR) is 173 cm³/mol. The summed E-state index contributed by atoms with van der Waals surface area (Å²) >= 11 is 0. The zero-order valence-electron chi connectivity index (χ0n) is 24.4. The highest BCUT2D eigenvalue weighted by Gasteiger charge is 2.30. The highest BCUT2D eigenvalue weighted by molar-refractivity contribution is 5.98. The van der Waals surface area contributed by atoms with Gasteiger partial charge in [-0.05, 0) is 72.2 Å². The maximum Gasteiger partial charge on any atom is 0.251 e. The topological polar surface area (TPSA) is 126 Å². The number of nitrogens with one attached hydrogen (secondary N) is 2. The molecule has 220 valence electrons. The number of aliphatic imine (C=N–C) groups is 1. The molecule has 8 heteroatoms. The van der Waals surface area contributed by atoms with E-state index in [1.54, 1.807) is 0 Å². The van der Waals surface area contributed by atoms with E-state index in [1.807, 2.05) is 66.4 Å². The molecule has 1 heterocycles. The molecule has 1 aliphatic rings. The number of allylic oxidation sites excluding steroid dienone is 1. The van der Waals surface area contributed by atoms with Crippen molar-refractivity contribution in [1.82, 2.24) is 15.5 Å². The molecule has 1 fully saturated rings. The van der Waals surface area contributed by atoms with E-state index in [0.717, 1.165) is 34.7 Å². The molecule has 3 aromatic carbocycles. The number of fused-ring (bicyclic) bond motifs is 1. The fourth-order valence-electron chi connectivity index (χ4n) is 5.38. The number of rotatable bonds is 12. The monoisotopic (exact) mass is 566 g/mol. The van der Waals surface area contributed by atoms with Crippen LogP contribution in [0.1, 0.15) is 53.2 Å². The van der Waals surface area contributed by atoms with E-state index >= 15 is 0 Å². The fraction of sp³-hybridized carbons (Fsp3) is 0.324. The number of benzene rings is 3. The van der Waals surface area contributed by atoms with Crippen molar-refractivity contribution in [1.29, 1.82) is 0 Å². The second-order valence-corrected chi connectivity index (χ2v) is 10.7. The van der Waals surface area contributed by atoms with Crippen LogP contribution in [0.5, 0.6) is 0 Å². The summed E-state index contributed by atoms with van der Waals surface area (Å²) in [4.78, 5) is 32.7. The van der Waals surface area contributed by atoms with Gasteiger partial charge in [-0.25, -0.2) is 0 Å². The van der Waals surface area contributed by atoms with Gasteiger partial charge in [0.25, 0.3) is 5.91 Å². The summed E-state index contributed by atoms with van der Waals surface area (Å²) in [6, 6.07) is 19.6. The van der Waals surface area contributed by atoms with Gasteiger partial charge in [-0.15, -0.1) is 0 Å². The van der Waals surface area contributed by atoms with Gasteiger partial charge in [0.2, 0.25) is 5.91 Å². The van der Waals surface area contributed by atoms with E-state index in [-0.39, 0.29) is 29.9 Å². The molecule has 2 atom stereocenters. The largest absolute Gasteiger partial charge is 0.370 e. The summed E-state index contributed by atoms with van der Waals surface area (Å²) in [6.07, 6.45) is 8.69. The third kappa shape index (κ3) is 8.30. The van der Waals surface area contributed by atoms with Gasteiger partial charge in [0.15, 0.2) is 5.96 Å². The molecule has 0 radical (unpaired) electrons. The van der Waals surface area contributed by atoms with Gasteiger partial charge >= 0.3 is 0 Å². The molecular weight excluding hydrogens is 524 g/mol. The summed E-state index contributed by atoms with van der Waals surface area (Å²) < 4.78 is 0. The van der Waals surface area contributed by atoms with Crippen LogP contribution in [0.2, 0.25) is 0 Å². The van der Waals surface area contributed by atoms with Gasteiger partial charge < -0.3 is 27.0 Å². The number of carbonyl (C=O) groups is 2. The molecular formula is C34H42N6O2. The van der Waals surface area contributed by atoms with Crippen molar-refractivity contribution in [3.63, 3.8) is 0 Å². The van der Waals surface area contributed by atoms with Gasteiger partial charge in [0.05, 0.1) is 6.04 Å². The molecule has 0 bridgehead atoms. The van der Waals surface area contributed by atoms with E-state index in [0.29, 0.717) is 44.6 Å². The Morgan fingerprint density at radius 3 is 2.69 bits per heavy atom. The Kier molecular flexibility index (Phi) is 10.9. The first-order valence-corrected chi connectivity index (χ1v) is 14.6. The summed E-state index contributed by atoms with van der Waals surface area (Å²) in [6.45, 7) is 8.02. The number of nitrogens with zero attached hydrogens (tertiary/aromatic N) is 2. The molecule has 4 rings (SSSR count). The van der Waals surface area contributed by atoms with Crippen LogP contribution < -0.4 is 22.1 Å². The van der Waals surface area contributed by atoms with Crippen molar-refractivity contribution in [2.45, 2.75) is 44.7 Å². The smallest absolute Gasteiger partial charge is 0.251 e. The molecule has 1 saturated heterocycles. The van der Waals surface area contributed by atoms with Crippen molar-refractivity contribution in [3.8, 4) is 0 Å². The molecule has 42 heavy (non-hydrogen) atoms. The Labute approximate surface area is 248 Å². The highest BCUT2D eigenvalue weighted by Crippen LogP contribution is 2.19. The standard InChI is InChI=1S/C34H42N6O2/c1-3-8-27-21-24(12-13-25(27)4-2)16-19-40-20-17-30(39-31(33(40)42)11-7-18-37-34(35)36)23-38-32(41)29-15-14-26-9-5-6-10-28(26)22-29/h3-6,8-10,12-15,21-22,30-31,39H,2,7,11,16-20,23H2,1H3,(H,38,41)(H4,35,36,37)/b8-3-. The summed E-state index contributed by atoms with van der Waals surface area (Å²) in [5, 5.41) is 8.72. The molecule has 0 spiro atoms. The van der Waals surface area contributed by atoms with Crippen LogP contribution >= 0.6 is 0 Å². The Hall–Kier alpha value is -4.43. The van der Waals surface area contributed by atoms with E-state index < -0.39 is 0 Å². The summed E-state index contributed by atoms with van der Waals surface area (Å²) in [7, 11) is 0. The molecule has 1 aliphatic heterocycles. The first-order chi connectivity index (χ1) is 20.4. The van der Waals surface area contributed by atoms with Crippen LogP contribution in [0, 0.1) is 0 Å². The van der Waals surface area contributed by atoms with Crippen LogP contribution in [0.25, 0.3) is 22.9 Å². The van der Waals surface area contributed by atoms with E-state index in [4.69, 9.17) is 11.5 Å². The second kappa shape index (κ2) is 15.0. The average Bonchev–Trinajstić information content (AvgIpc) is 3.14. The van der Waals surface area contributed by atoms with Gasteiger partial charge in [0.1, 0.15) is 0 Å². The Morgan fingerprint density at radius 1 is 1.12 bits per heavy atom. The van der Waals surface area contributed by atoms with Gasteiger partial charge in [-0.3, -0.25) is 14.6 Å². The highest BCUT2D eigenvalue weighted by atomic mass is 16.2. The zero-order valence-corrected chi connectivity index (χ0v) is 24.4. The molecule has 2 amide bonds. The second-order valence-electron chi connectivity index (χ2n) is 10.7. The minimum atomic E-state index is -0.383. The first kappa shape index (κ1) is 30.5. The van der Waals surface area contributed by atoms with Crippen LogP contribution in [0.3, 0.4) is 0 Å². The van der Waals surface area contributed by atoms with E-state index in [1.165, 1.54) is 5.56 Å². The predicted octanol–water partition coefficient (Wildman–Crippen LogP) is 4.10. The molecule has 0 saturated carbocycles. The van der Waals surface area contributed by atoms with Crippen molar-refractivity contribution >= 4 is 40.7 Å². The molecule has 3 aromatic rings. The van der Waals surface area contributed by atoms with Crippen molar-refractivity contribution in [3.05, 3.63) is 95.6 Å². The Balaban J connectivity index is 1.42. The number of hydrogen-bond acceptors (Lipinski definition) is 4. The summed E-state index contributed by atoms with van der Waals surface area (Å²) in [5.74, 6) is -0.00976. The number of amides is 2. The quantitative estimate of drug-likeness (QED) is 0.149. The van der Waals surface area contributed by atoms with Gasteiger partial charge in [0, 0.05) is 37.8 Å². The van der Waals surface area contributed by atoms with Crippen molar-refractivity contribution in [2.75, 3.05) is 26.2 Å². The van der Waals surface area contributed by atoms with Crippen molar-refractivity contribution in [2.24, 2.45) is 16.5 Å². The summed E-state index contributed by atoms with van der Waals surface area (Å²) in [5.41, 5.74) is 15.0. The first-order valence-electron chi connectivity index (χ1n) is 14.6. The van der Waals surface area contributed by atoms with Gasteiger partial charge in [-0.1, -0.05) is 73.3 Å². The third-order valence-corrected chi connectivity index (χ3v) is 7.65. The lowest BCUT2D eigenvalue weighted by molar-refractivity contribution is -0.132. The number of nitrogens with two attached hydrogens (primary N) is 2. The number of hydrogen-bond donors (Lipinski definition) is 4. The zero-order chi connectivity index (χ0) is 29.9. The van der Waals surface area contributed by atoms with Crippen LogP contribution in [0.15, 0.2) is 78.3 Å². The lowest BCUT2D eigenvalue weighted by atomic mass is 10.0. The molecule has 2 unspecified atom stereocenters. The van der Waals surface area contributed by atoms with Crippen LogP contribution in [-0.4, -0.2) is 60.9 Å². The maximum atomic E-state index is 13.7. The van der Waals surface area contributed by atoms with E-state index in [2.05, 4.69) is 46.5 Å². The average molecular weight is 567 g/mol. The normalized spacial score (nSPS) is 17.3. The molecule has 6 N–H and O–H groups in total. The van der Waals surface area contributed by atoms with Crippen LogP contribution in [0.4, 0.5) is 0 Å². The molecule has 8 nitrogen and oxygen atoms in total. The lowest BCUT2D eigenvalue weighted by Gasteiger charge is -2.25. The molecule has 0 aliphatic carbocycles. The number of carbonyl (C=O) groups excluding carboxylic acids is 2. The van der Waals surface area contributed by atoms with Gasteiger partial charge in [-0.2, -0.15) is 0 Å². The fourth-order valence-corrected chi connectivity index (χ4v) is 5.38. The Bertz CT molecular complexity index is 1460. The minimum Gasteiger partial charge on any atom is -0.370 e. The van der Waals surface area contributed by atoms with Crippen LogP contribution in [-0.2, 0) is 11.2 Å². The third-order valence-electron chi connectivity index (χ3n) is 7.65. The van der Waals surface area contributed by atoms with Crippen molar-refractivity contribution < 1.29 is 9.59 Å². The maximum absolute atomic E-state index is 13.7. The molecule has 0 aromatic heterocycles. The van der Waals surface area contributed by atoms with E-state index in [9.17, 15) is 9.59 Å². The number of guanidine groups is 1. The lowest BCUT2D eigenvalue weighted by Crippen LogP contribution is -2.49. The minimum absolute atomic E-state index is 0.0471.